The highest BCUT2D eigenvalue weighted by atomic mass is 32.1. The van der Waals surface area contributed by atoms with E-state index in [0.717, 1.165) is 10.7 Å². The number of nitrogens with one attached hydrogen (secondary N) is 1. The molecule has 1 N–H and O–H groups in total. The van der Waals surface area contributed by atoms with Crippen molar-refractivity contribution in [2.75, 3.05) is 5.32 Å². The zero-order valence-electron chi connectivity index (χ0n) is 10.3. The zero-order valence-corrected chi connectivity index (χ0v) is 11.1. The summed E-state index contributed by atoms with van der Waals surface area (Å²) in [6, 6.07) is 5.76. The maximum Gasteiger partial charge on any atom is 0.248 e. The van der Waals surface area contributed by atoms with E-state index in [9.17, 15) is 9.18 Å². The third-order valence-corrected chi connectivity index (χ3v) is 3.44. The summed E-state index contributed by atoms with van der Waals surface area (Å²) in [6.07, 6.45) is 6.64. The lowest BCUT2D eigenvalue weighted by Gasteiger charge is -2.01. The van der Waals surface area contributed by atoms with Gasteiger partial charge in [-0.3, -0.25) is 9.20 Å². The number of amides is 1. The van der Waals surface area contributed by atoms with Gasteiger partial charge < -0.3 is 5.32 Å². The van der Waals surface area contributed by atoms with Gasteiger partial charge in [0.1, 0.15) is 5.82 Å². The Hall–Kier alpha value is -2.47. The number of benzene rings is 1. The van der Waals surface area contributed by atoms with Gasteiger partial charge in [0.15, 0.2) is 4.96 Å². The number of nitrogens with zero attached hydrogens (tertiary/aromatic N) is 2. The van der Waals surface area contributed by atoms with E-state index in [4.69, 9.17) is 0 Å². The van der Waals surface area contributed by atoms with Crippen molar-refractivity contribution in [1.82, 2.24) is 9.38 Å². The van der Waals surface area contributed by atoms with Gasteiger partial charge in [-0.05, 0) is 24.3 Å². The van der Waals surface area contributed by atoms with Crippen LogP contribution in [-0.4, -0.2) is 15.3 Å². The van der Waals surface area contributed by atoms with E-state index < -0.39 is 0 Å². The van der Waals surface area contributed by atoms with Crippen LogP contribution in [-0.2, 0) is 4.79 Å². The summed E-state index contributed by atoms with van der Waals surface area (Å²) in [4.78, 5) is 16.8. The van der Waals surface area contributed by atoms with Crippen LogP contribution in [0, 0.1) is 5.82 Å². The van der Waals surface area contributed by atoms with Gasteiger partial charge in [-0.1, -0.05) is 6.07 Å². The third-order valence-electron chi connectivity index (χ3n) is 2.67. The van der Waals surface area contributed by atoms with Crippen LogP contribution in [0.15, 0.2) is 48.1 Å². The second kappa shape index (κ2) is 5.26. The van der Waals surface area contributed by atoms with Crippen LogP contribution in [0.25, 0.3) is 11.0 Å². The first-order valence-electron chi connectivity index (χ1n) is 5.87. The van der Waals surface area contributed by atoms with E-state index in [1.807, 2.05) is 16.0 Å². The van der Waals surface area contributed by atoms with Gasteiger partial charge >= 0.3 is 0 Å². The Labute approximate surface area is 118 Å². The molecule has 4 nitrogen and oxygen atoms in total. The number of hydrogen-bond donors (Lipinski definition) is 1. The van der Waals surface area contributed by atoms with Crippen molar-refractivity contribution in [3.05, 3.63) is 59.6 Å². The lowest BCUT2D eigenvalue weighted by molar-refractivity contribution is -0.111. The fourth-order valence-corrected chi connectivity index (χ4v) is 2.48. The Kier molecular flexibility index (Phi) is 3.30. The van der Waals surface area contributed by atoms with Crippen LogP contribution in [0.5, 0.6) is 0 Å². The van der Waals surface area contributed by atoms with Crippen LogP contribution in [0.4, 0.5) is 10.1 Å². The minimum absolute atomic E-state index is 0.319. The highest BCUT2D eigenvalue weighted by Gasteiger charge is 2.02. The van der Waals surface area contributed by atoms with Crippen molar-refractivity contribution in [3.8, 4) is 0 Å². The third kappa shape index (κ3) is 2.60. The van der Waals surface area contributed by atoms with Crippen molar-refractivity contribution in [2.24, 2.45) is 0 Å². The van der Waals surface area contributed by atoms with Crippen molar-refractivity contribution < 1.29 is 9.18 Å². The molecule has 20 heavy (non-hydrogen) atoms. The molecule has 2 heterocycles. The number of anilines is 1. The predicted molar refractivity (Wildman–Crippen MR) is 77.1 cm³/mol. The molecular formula is C14H10FN3OS. The van der Waals surface area contributed by atoms with Crippen LogP contribution < -0.4 is 5.32 Å². The van der Waals surface area contributed by atoms with E-state index in [2.05, 4.69) is 10.3 Å². The van der Waals surface area contributed by atoms with Gasteiger partial charge in [-0.15, -0.1) is 11.3 Å². The van der Waals surface area contributed by atoms with E-state index in [-0.39, 0.29) is 11.7 Å². The number of halogens is 1. The molecule has 3 rings (SSSR count). The van der Waals surface area contributed by atoms with Crippen LogP contribution >= 0.6 is 11.3 Å². The van der Waals surface area contributed by atoms with Crippen molar-refractivity contribution in [2.45, 2.75) is 0 Å². The monoisotopic (exact) mass is 287 g/mol. The minimum Gasteiger partial charge on any atom is -0.322 e. The summed E-state index contributed by atoms with van der Waals surface area (Å²) in [7, 11) is 0. The van der Waals surface area contributed by atoms with Gasteiger partial charge in [0.25, 0.3) is 0 Å². The highest BCUT2D eigenvalue weighted by molar-refractivity contribution is 7.15. The molecule has 100 valence electrons. The minimum atomic E-state index is -0.387. The Morgan fingerprint density at radius 2 is 2.35 bits per heavy atom. The van der Waals surface area contributed by atoms with Crippen LogP contribution in [0.1, 0.15) is 5.69 Å². The Morgan fingerprint density at radius 3 is 3.20 bits per heavy atom. The second-order valence-corrected chi connectivity index (χ2v) is 4.94. The van der Waals surface area contributed by atoms with Crippen LogP contribution in [0.2, 0.25) is 0 Å². The normalized spacial score (nSPS) is 11.2. The number of imidazole rings is 1. The van der Waals surface area contributed by atoms with E-state index in [1.54, 1.807) is 24.4 Å². The van der Waals surface area contributed by atoms with Gasteiger partial charge in [0, 0.05) is 23.3 Å². The average Bonchev–Trinajstić information content (AvgIpc) is 2.99. The number of carbonyl (C=O) groups excluding carboxylic acids is 1. The Morgan fingerprint density at radius 1 is 1.45 bits per heavy atom. The lowest BCUT2D eigenvalue weighted by Crippen LogP contribution is -2.07. The quantitative estimate of drug-likeness (QED) is 0.752. The van der Waals surface area contributed by atoms with Crippen molar-refractivity contribution in [1.29, 1.82) is 0 Å². The van der Waals surface area contributed by atoms with Crippen molar-refractivity contribution >= 4 is 34.0 Å². The first-order valence-corrected chi connectivity index (χ1v) is 6.75. The van der Waals surface area contributed by atoms with E-state index >= 15 is 0 Å². The molecule has 0 fully saturated rings. The number of aromatic nitrogens is 2. The molecule has 0 spiro atoms. The summed E-state index contributed by atoms with van der Waals surface area (Å²) in [5.41, 5.74) is 1.24. The fraction of sp³-hybridized carbons (Fsp3) is 0. The summed E-state index contributed by atoms with van der Waals surface area (Å²) in [5, 5.41) is 4.52. The number of hydrogen-bond acceptors (Lipinski definition) is 3. The number of thiazole rings is 1. The van der Waals surface area contributed by atoms with E-state index in [1.165, 1.54) is 29.5 Å². The second-order valence-electron chi connectivity index (χ2n) is 4.07. The Bertz CT molecular complexity index is 790. The lowest BCUT2D eigenvalue weighted by atomic mass is 10.3. The Balaban J connectivity index is 1.73. The largest absolute Gasteiger partial charge is 0.322 e. The molecule has 0 unspecified atom stereocenters. The molecule has 1 aromatic carbocycles. The van der Waals surface area contributed by atoms with Gasteiger partial charge in [0.05, 0.1) is 11.9 Å². The number of carbonyl (C=O) groups is 1. The molecule has 0 radical (unpaired) electrons. The molecule has 3 aromatic rings. The standard InChI is InChI=1S/C14H10FN3OS/c15-10-2-1-3-11(8-10)17-13(19)5-4-12-9-16-14-18(12)6-7-20-14/h1-9H,(H,17,19)/b5-4+. The van der Waals surface area contributed by atoms with Gasteiger partial charge in [0.2, 0.25) is 5.91 Å². The topological polar surface area (TPSA) is 46.4 Å². The van der Waals surface area contributed by atoms with Gasteiger partial charge in [-0.2, -0.15) is 0 Å². The molecule has 0 aliphatic carbocycles. The molecule has 1 amide bonds. The SMILES string of the molecule is O=C(/C=C/c1cnc2sccn12)Nc1cccc(F)c1. The first kappa shape index (κ1) is 12.6. The molecule has 6 heteroatoms. The smallest absolute Gasteiger partial charge is 0.248 e. The summed E-state index contributed by atoms with van der Waals surface area (Å²) in [5.74, 6) is -0.705. The fourth-order valence-electron chi connectivity index (χ4n) is 1.78. The molecular weight excluding hydrogens is 277 g/mol. The number of fused-ring (bicyclic) bond motifs is 1. The summed E-state index contributed by atoms with van der Waals surface area (Å²) >= 11 is 1.52. The first-order chi connectivity index (χ1) is 9.72. The zero-order chi connectivity index (χ0) is 13.9. The maximum absolute atomic E-state index is 13.0. The van der Waals surface area contributed by atoms with Crippen LogP contribution in [0.3, 0.4) is 0 Å². The number of rotatable bonds is 3. The molecule has 2 aromatic heterocycles. The summed E-state index contributed by atoms with van der Waals surface area (Å²) < 4.78 is 14.9. The summed E-state index contributed by atoms with van der Waals surface area (Å²) in [6.45, 7) is 0. The molecule has 0 atom stereocenters. The highest BCUT2D eigenvalue weighted by Crippen LogP contribution is 2.14. The van der Waals surface area contributed by atoms with E-state index in [0.29, 0.717) is 5.69 Å². The molecule has 0 bridgehead atoms. The molecule has 0 saturated carbocycles. The predicted octanol–water partition coefficient (Wildman–Crippen LogP) is 3.19. The van der Waals surface area contributed by atoms with Crippen molar-refractivity contribution in [3.63, 3.8) is 0 Å². The molecule has 0 saturated heterocycles. The van der Waals surface area contributed by atoms with Gasteiger partial charge in [-0.25, -0.2) is 9.37 Å². The molecule has 0 aliphatic heterocycles. The maximum atomic E-state index is 13.0. The molecule has 0 aliphatic rings. The average molecular weight is 287 g/mol.